The van der Waals surface area contributed by atoms with Crippen molar-refractivity contribution in [1.82, 2.24) is 4.98 Å². The summed E-state index contributed by atoms with van der Waals surface area (Å²) < 4.78 is 13.0. The first-order chi connectivity index (χ1) is 8.58. The molecule has 0 N–H and O–H groups in total. The van der Waals surface area contributed by atoms with Crippen LogP contribution in [0.5, 0.6) is 0 Å². The Morgan fingerprint density at radius 3 is 2.67 bits per heavy atom. The molecule has 1 aromatic carbocycles. The molecule has 0 aliphatic rings. The van der Waals surface area contributed by atoms with E-state index in [0.29, 0.717) is 5.69 Å². The summed E-state index contributed by atoms with van der Waals surface area (Å²) in [5.74, 6) is -0.319. The van der Waals surface area contributed by atoms with Crippen LogP contribution in [-0.4, -0.2) is 10.8 Å². The molecule has 0 atom stereocenters. The van der Waals surface area contributed by atoms with Gasteiger partial charge in [-0.2, -0.15) is 0 Å². The highest BCUT2D eigenvalue weighted by molar-refractivity contribution is 5.97. The van der Waals surface area contributed by atoms with E-state index >= 15 is 0 Å². The van der Waals surface area contributed by atoms with E-state index in [1.165, 1.54) is 12.1 Å². The standard InChI is InChI=1S/C15H14FNO/c1-10-4-3-7-17-15(10)14(18)9-12-5-6-13(16)8-11(12)2/h3-8H,9H2,1-2H3. The van der Waals surface area contributed by atoms with Crippen LogP contribution in [0.1, 0.15) is 27.2 Å². The van der Waals surface area contributed by atoms with Crippen LogP contribution >= 0.6 is 0 Å². The number of benzene rings is 1. The molecule has 0 unspecified atom stereocenters. The van der Waals surface area contributed by atoms with E-state index in [1.807, 2.05) is 13.0 Å². The van der Waals surface area contributed by atoms with Gasteiger partial charge in [-0.1, -0.05) is 12.1 Å². The van der Waals surface area contributed by atoms with Crippen molar-refractivity contribution in [2.75, 3.05) is 0 Å². The quantitative estimate of drug-likeness (QED) is 0.774. The van der Waals surface area contributed by atoms with Gasteiger partial charge in [0.25, 0.3) is 0 Å². The highest BCUT2D eigenvalue weighted by Crippen LogP contribution is 2.14. The number of nitrogens with zero attached hydrogens (tertiary/aromatic N) is 1. The van der Waals surface area contributed by atoms with Crippen molar-refractivity contribution in [1.29, 1.82) is 0 Å². The Morgan fingerprint density at radius 2 is 2.00 bits per heavy atom. The lowest BCUT2D eigenvalue weighted by atomic mass is 10.00. The predicted molar refractivity (Wildman–Crippen MR) is 68.1 cm³/mol. The molecule has 1 aromatic heterocycles. The summed E-state index contributed by atoms with van der Waals surface area (Å²) in [4.78, 5) is 16.2. The Balaban J connectivity index is 2.24. The molecular weight excluding hydrogens is 229 g/mol. The van der Waals surface area contributed by atoms with E-state index in [1.54, 1.807) is 25.3 Å². The van der Waals surface area contributed by atoms with Crippen LogP contribution in [0.25, 0.3) is 0 Å². The van der Waals surface area contributed by atoms with E-state index in [4.69, 9.17) is 0 Å². The first kappa shape index (κ1) is 12.4. The summed E-state index contributed by atoms with van der Waals surface area (Å²) >= 11 is 0. The molecule has 18 heavy (non-hydrogen) atoms. The number of halogens is 1. The minimum Gasteiger partial charge on any atom is -0.292 e. The van der Waals surface area contributed by atoms with Gasteiger partial charge in [0.05, 0.1) is 0 Å². The molecule has 0 spiro atoms. The van der Waals surface area contributed by atoms with Crippen molar-refractivity contribution < 1.29 is 9.18 Å². The molecule has 0 amide bonds. The number of pyridine rings is 1. The molecule has 0 saturated heterocycles. The van der Waals surface area contributed by atoms with Crippen LogP contribution in [-0.2, 0) is 6.42 Å². The summed E-state index contributed by atoms with van der Waals surface area (Å²) in [5, 5.41) is 0. The minimum absolute atomic E-state index is 0.0391. The van der Waals surface area contributed by atoms with Gasteiger partial charge in [-0.05, 0) is 48.7 Å². The second-order valence-corrected chi connectivity index (χ2v) is 4.34. The second kappa shape index (κ2) is 5.08. The normalized spacial score (nSPS) is 10.4. The molecule has 2 nitrogen and oxygen atoms in total. The van der Waals surface area contributed by atoms with Crippen LogP contribution in [0.3, 0.4) is 0 Å². The number of hydrogen-bond acceptors (Lipinski definition) is 2. The number of ketones is 1. The molecule has 0 fully saturated rings. The maximum atomic E-state index is 13.0. The number of Topliss-reactive ketones (excluding diaryl/α,β-unsaturated/α-hetero) is 1. The highest BCUT2D eigenvalue weighted by Gasteiger charge is 2.12. The monoisotopic (exact) mass is 243 g/mol. The number of aromatic nitrogens is 1. The summed E-state index contributed by atoms with van der Waals surface area (Å²) in [6.45, 7) is 3.66. The summed E-state index contributed by atoms with van der Waals surface area (Å²) in [6, 6.07) is 8.13. The number of hydrogen-bond donors (Lipinski definition) is 0. The molecule has 2 aromatic rings. The van der Waals surface area contributed by atoms with E-state index in [-0.39, 0.29) is 18.0 Å². The third-order valence-electron chi connectivity index (χ3n) is 2.93. The first-order valence-electron chi connectivity index (χ1n) is 5.78. The van der Waals surface area contributed by atoms with Gasteiger partial charge in [0, 0.05) is 12.6 Å². The fourth-order valence-corrected chi connectivity index (χ4v) is 1.89. The van der Waals surface area contributed by atoms with Crippen LogP contribution in [0.4, 0.5) is 4.39 Å². The van der Waals surface area contributed by atoms with E-state index in [0.717, 1.165) is 16.7 Å². The Bertz CT molecular complexity index is 593. The van der Waals surface area contributed by atoms with Gasteiger partial charge < -0.3 is 0 Å². The molecule has 3 heteroatoms. The van der Waals surface area contributed by atoms with Crippen LogP contribution in [0, 0.1) is 19.7 Å². The Morgan fingerprint density at radius 1 is 1.22 bits per heavy atom. The summed E-state index contributed by atoms with van der Waals surface area (Å²) in [7, 11) is 0. The highest BCUT2D eigenvalue weighted by atomic mass is 19.1. The predicted octanol–water partition coefficient (Wildman–Crippen LogP) is 3.26. The van der Waals surface area contributed by atoms with Crippen LogP contribution < -0.4 is 0 Å². The van der Waals surface area contributed by atoms with E-state index < -0.39 is 0 Å². The maximum Gasteiger partial charge on any atom is 0.185 e. The first-order valence-corrected chi connectivity index (χ1v) is 5.78. The minimum atomic E-state index is -0.280. The van der Waals surface area contributed by atoms with Gasteiger partial charge in [0.15, 0.2) is 5.78 Å². The molecule has 2 rings (SSSR count). The summed E-state index contributed by atoms with van der Waals surface area (Å²) in [6.07, 6.45) is 1.86. The van der Waals surface area contributed by atoms with E-state index in [9.17, 15) is 9.18 Å². The number of carbonyl (C=O) groups is 1. The fraction of sp³-hybridized carbons (Fsp3) is 0.200. The van der Waals surface area contributed by atoms with Crippen LogP contribution in [0.2, 0.25) is 0 Å². The number of aryl methyl sites for hydroxylation is 2. The van der Waals surface area contributed by atoms with Gasteiger partial charge in [-0.15, -0.1) is 0 Å². The largest absolute Gasteiger partial charge is 0.292 e. The lowest BCUT2D eigenvalue weighted by Gasteiger charge is -2.06. The molecule has 0 aliphatic carbocycles. The lowest BCUT2D eigenvalue weighted by molar-refractivity contribution is 0.0987. The smallest absolute Gasteiger partial charge is 0.185 e. The Hall–Kier alpha value is -2.03. The zero-order valence-electron chi connectivity index (χ0n) is 10.4. The molecule has 92 valence electrons. The molecule has 1 heterocycles. The zero-order valence-corrected chi connectivity index (χ0v) is 10.4. The average Bonchev–Trinajstić information content (AvgIpc) is 2.33. The van der Waals surface area contributed by atoms with Gasteiger partial charge in [0.2, 0.25) is 0 Å². The molecule has 0 radical (unpaired) electrons. The number of carbonyl (C=O) groups excluding carboxylic acids is 1. The zero-order chi connectivity index (χ0) is 13.1. The third-order valence-corrected chi connectivity index (χ3v) is 2.93. The third kappa shape index (κ3) is 2.62. The van der Waals surface area contributed by atoms with Crippen molar-refractivity contribution in [3.8, 4) is 0 Å². The molecule has 0 bridgehead atoms. The molecular formula is C15H14FNO. The van der Waals surface area contributed by atoms with Crippen molar-refractivity contribution in [3.63, 3.8) is 0 Å². The fourth-order valence-electron chi connectivity index (χ4n) is 1.89. The number of rotatable bonds is 3. The molecule has 0 aliphatic heterocycles. The van der Waals surface area contributed by atoms with E-state index in [2.05, 4.69) is 4.98 Å². The summed E-state index contributed by atoms with van der Waals surface area (Å²) in [5.41, 5.74) is 2.98. The van der Waals surface area contributed by atoms with Crippen molar-refractivity contribution in [3.05, 3.63) is 64.7 Å². The van der Waals surface area contributed by atoms with Crippen molar-refractivity contribution >= 4 is 5.78 Å². The van der Waals surface area contributed by atoms with Gasteiger partial charge in [0.1, 0.15) is 11.5 Å². The second-order valence-electron chi connectivity index (χ2n) is 4.34. The lowest BCUT2D eigenvalue weighted by Crippen LogP contribution is -2.09. The average molecular weight is 243 g/mol. The molecule has 0 saturated carbocycles. The van der Waals surface area contributed by atoms with Gasteiger partial charge in [-0.25, -0.2) is 4.39 Å². The van der Waals surface area contributed by atoms with Crippen LogP contribution in [0.15, 0.2) is 36.5 Å². The van der Waals surface area contributed by atoms with Crippen molar-refractivity contribution in [2.45, 2.75) is 20.3 Å². The maximum absolute atomic E-state index is 13.0. The topological polar surface area (TPSA) is 30.0 Å². The SMILES string of the molecule is Cc1cc(F)ccc1CC(=O)c1ncccc1C. The Kier molecular flexibility index (Phi) is 3.51. The van der Waals surface area contributed by atoms with Gasteiger partial charge >= 0.3 is 0 Å². The van der Waals surface area contributed by atoms with Crippen molar-refractivity contribution in [2.24, 2.45) is 0 Å². The Labute approximate surface area is 105 Å². The van der Waals surface area contributed by atoms with Gasteiger partial charge in [-0.3, -0.25) is 9.78 Å².